The predicted molar refractivity (Wildman–Crippen MR) is 133 cm³/mol. The van der Waals surface area contributed by atoms with Crippen LogP contribution in [0.5, 0.6) is 5.75 Å². The molecule has 2 amide bonds. The van der Waals surface area contributed by atoms with Gasteiger partial charge < -0.3 is 10.1 Å². The lowest BCUT2D eigenvalue weighted by atomic mass is 9.94. The van der Waals surface area contributed by atoms with E-state index in [1.54, 1.807) is 13.3 Å². The Balaban J connectivity index is 1.57. The third kappa shape index (κ3) is 4.41. The summed E-state index contributed by atoms with van der Waals surface area (Å²) in [4.78, 5) is 16.3. The maximum atomic E-state index is 12.2. The Morgan fingerprint density at radius 2 is 1.76 bits per heavy atom. The number of ether oxygens (including phenoxy) is 1. The normalized spacial score (nSPS) is 22.1. The lowest BCUT2D eigenvalue weighted by molar-refractivity contribution is 0.167. The molecule has 2 heterocycles. The largest absolute Gasteiger partial charge is 0.497 e. The van der Waals surface area contributed by atoms with Crippen LogP contribution >= 0.6 is 15.9 Å². The zero-order valence-electron chi connectivity index (χ0n) is 18.1. The molecule has 2 aliphatic heterocycles. The van der Waals surface area contributed by atoms with Crippen LogP contribution in [0.15, 0.2) is 93.4 Å². The van der Waals surface area contributed by atoms with Crippen LogP contribution in [-0.4, -0.2) is 36.1 Å². The zero-order chi connectivity index (χ0) is 22.8. The summed E-state index contributed by atoms with van der Waals surface area (Å²) in [7, 11) is 1.64. The van der Waals surface area contributed by atoms with Gasteiger partial charge in [0.15, 0.2) is 0 Å². The summed E-state index contributed by atoms with van der Waals surface area (Å²) in [5, 5.41) is 10.2. The molecule has 0 aliphatic carbocycles. The molecule has 1 N–H and O–H groups in total. The van der Waals surface area contributed by atoms with Crippen molar-refractivity contribution in [3.05, 3.63) is 100 Å². The molecule has 166 valence electrons. The highest BCUT2D eigenvalue weighted by atomic mass is 79.9. The first-order valence-corrected chi connectivity index (χ1v) is 11.6. The van der Waals surface area contributed by atoms with E-state index in [0.717, 1.165) is 33.5 Å². The SMILES string of the molecule is COc1cccc([C@@H]2NC(=O)N=C[C@@H]2N2N=C(c3ccc(Br)cc3)C[C@H]2c2ccccc2)c1. The van der Waals surface area contributed by atoms with Crippen molar-refractivity contribution in [3.8, 4) is 5.75 Å². The quantitative estimate of drug-likeness (QED) is 0.499. The number of halogens is 1. The van der Waals surface area contributed by atoms with Crippen molar-refractivity contribution in [3.63, 3.8) is 0 Å². The molecule has 6 nitrogen and oxygen atoms in total. The van der Waals surface area contributed by atoms with Gasteiger partial charge in [0.25, 0.3) is 0 Å². The van der Waals surface area contributed by atoms with Gasteiger partial charge in [0.2, 0.25) is 0 Å². The van der Waals surface area contributed by atoms with E-state index < -0.39 is 0 Å². The number of nitrogens with one attached hydrogen (secondary N) is 1. The lowest BCUT2D eigenvalue weighted by Gasteiger charge is -2.37. The first-order valence-electron chi connectivity index (χ1n) is 10.8. The average Bonchev–Trinajstić information content (AvgIpc) is 3.30. The highest BCUT2D eigenvalue weighted by Gasteiger charge is 2.39. The Bertz CT molecular complexity index is 1210. The number of methoxy groups -OCH3 is 1. The molecule has 0 saturated heterocycles. The maximum Gasteiger partial charge on any atom is 0.341 e. The number of amides is 2. The summed E-state index contributed by atoms with van der Waals surface area (Å²) in [5.41, 5.74) is 4.20. The van der Waals surface area contributed by atoms with E-state index in [2.05, 4.69) is 55.5 Å². The second kappa shape index (κ2) is 9.19. The van der Waals surface area contributed by atoms with Crippen LogP contribution in [0.25, 0.3) is 0 Å². The van der Waals surface area contributed by atoms with Crippen LogP contribution in [0.4, 0.5) is 4.79 Å². The molecule has 0 saturated carbocycles. The van der Waals surface area contributed by atoms with Crippen molar-refractivity contribution in [1.29, 1.82) is 0 Å². The molecule has 0 fully saturated rings. The van der Waals surface area contributed by atoms with Gasteiger partial charge in [-0.3, -0.25) is 5.01 Å². The fourth-order valence-corrected chi connectivity index (χ4v) is 4.65. The van der Waals surface area contributed by atoms with Gasteiger partial charge in [0, 0.05) is 17.1 Å². The van der Waals surface area contributed by atoms with Crippen LogP contribution in [0.1, 0.15) is 35.2 Å². The monoisotopic (exact) mass is 502 g/mol. The second-order valence-corrected chi connectivity index (χ2v) is 8.95. The molecule has 0 unspecified atom stereocenters. The third-order valence-electron chi connectivity index (χ3n) is 6.03. The van der Waals surface area contributed by atoms with Crippen LogP contribution < -0.4 is 10.1 Å². The van der Waals surface area contributed by atoms with Crippen molar-refractivity contribution in [2.24, 2.45) is 10.1 Å². The topological polar surface area (TPSA) is 66.3 Å². The molecule has 3 aromatic carbocycles. The fourth-order valence-electron chi connectivity index (χ4n) is 4.39. The molecular formula is C26H23BrN4O2. The number of aliphatic imine (C=N–C) groups is 1. The van der Waals surface area contributed by atoms with Gasteiger partial charge in [-0.25, -0.2) is 9.79 Å². The summed E-state index contributed by atoms with van der Waals surface area (Å²) < 4.78 is 6.45. The van der Waals surface area contributed by atoms with E-state index in [9.17, 15) is 4.79 Å². The van der Waals surface area contributed by atoms with Gasteiger partial charge in [-0.15, -0.1) is 0 Å². The van der Waals surface area contributed by atoms with E-state index >= 15 is 0 Å². The Labute approximate surface area is 201 Å². The number of carbonyl (C=O) groups is 1. The van der Waals surface area contributed by atoms with E-state index in [1.165, 1.54) is 5.56 Å². The van der Waals surface area contributed by atoms with E-state index in [-0.39, 0.29) is 24.2 Å². The molecule has 0 bridgehead atoms. The second-order valence-electron chi connectivity index (χ2n) is 8.04. The Morgan fingerprint density at radius 3 is 2.52 bits per heavy atom. The van der Waals surface area contributed by atoms with Crippen molar-refractivity contribution in [2.75, 3.05) is 7.11 Å². The summed E-state index contributed by atoms with van der Waals surface area (Å²) in [5.74, 6) is 0.739. The minimum atomic E-state index is -0.355. The number of benzene rings is 3. The number of urea groups is 1. The number of rotatable bonds is 5. The lowest BCUT2D eigenvalue weighted by Crippen LogP contribution is -2.48. The molecule has 0 aromatic heterocycles. The molecule has 3 atom stereocenters. The fraction of sp³-hybridized carbons (Fsp3) is 0.192. The smallest absolute Gasteiger partial charge is 0.341 e. The third-order valence-corrected chi connectivity index (χ3v) is 6.56. The number of hydrogen-bond acceptors (Lipinski definition) is 4. The van der Waals surface area contributed by atoms with E-state index in [1.807, 2.05) is 54.6 Å². The van der Waals surface area contributed by atoms with E-state index in [4.69, 9.17) is 9.84 Å². The molecule has 7 heteroatoms. The molecule has 5 rings (SSSR count). The van der Waals surface area contributed by atoms with Gasteiger partial charge in [0.05, 0.1) is 24.9 Å². The number of hydrogen-bond donors (Lipinski definition) is 1. The van der Waals surface area contributed by atoms with Crippen molar-refractivity contribution in [2.45, 2.75) is 24.5 Å². The van der Waals surface area contributed by atoms with Crippen LogP contribution in [0, 0.1) is 0 Å². The molecule has 0 spiro atoms. The van der Waals surface area contributed by atoms with Gasteiger partial charge in [-0.1, -0.05) is 70.5 Å². The van der Waals surface area contributed by atoms with Crippen LogP contribution in [-0.2, 0) is 0 Å². The van der Waals surface area contributed by atoms with Gasteiger partial charge in [-0.2, -0.15) is 5.10 Å². The Hall–Kier alpha value is -3.45. The highest BCUT2D eigenvalue weighted by Crippen LogP contribution is 2.38. The summed E-state index contributed by atoms with van der Waals surface area (Å²) in [6, 6.07) is 25.4. The van der Waals surface area contributed by atoms with Crippen molar-refractivity contribution < 1.29 is 9.53 Å². The highest BCUT2D eigenvalue weighted by molar-refractivity contribution is 9.10. The first-order chi connectivity index (χ1) is 16.1. The molecular weight excluding hydrogens is 480 g/mol. The van der Waals surface area contributed by atoms with Crippen LogP contribution in [0.3, 0.4) is 0 Å². The van der Waals surface area contributed by atoms with E-state index in [0.29, 0.717) is 0 Å². The predicted octanol–water partition coefficient (Wildman–Crippen LogP) is 5.51. The zero-order valence-corrected chi connectivity index (χ0v) is 19.6. The molecule has 3 aromatic rings. The first kappa shape index (κ1) is 21.4. The number of carbonyl (C=O) groups excluding carboxylic acids is 1. The van der Waals surface area contributed by atoms with Gasteiger partial charge in [-0.05, 0) is 41.0 Å². The Morgan fingerprint density at radius 1 is 1.00 bits per heavy atom. The summed E-state index contributed by atoms with van der Waals surface area (Å²) in [6.07, 6.45) is 2.47. The number of hydrazone groups is 1. The molecule has 2 aliphatic rings. The number of nitrogens with zero attached hydrogens (tertiary/aromatic N) is 3. The van der Waals surface area contributed by atoms with Gasteiger partial charge in [0.1, 0.15) is 11.8 Å². The molecule has 33 heavy (non-hydrogen) atoms. The van der Waals surface area contributed by atoms with Crippen molar-refractivity contribution in [1.82, 2.24) is 10.3 Å². The minimum Gasteiger partial charge on any atom is -0.497 e. The molecule has 0 radical (unpaired) electrons. The van der Waals surface area contributed by atoms with Crippen LogP contribution in [0.2, 0.25) is 0 Å². The minimum absolute atomic E-state index is 0.0180. The maximum absolute atomic E-state index is 12.2. The van der Waals surface area contributed by atoms with Gasteiger partial charge >= 0.3 is 6.03 Å². The average molecular weight is 503 g/mol. The Kier molecular flexibility index (Phi) is 5.96. The van der Waals surface area contributed by atoms with Crippen molar-refractivity contribution >= 4 is 33.9 Å². The standard InChI is InChI=1S/C26H23BrN4O2/c1-33-21-9-5-8-19(14-21)25-24(16-28-26(32)29-25)31-23(18-6-3-2-4-7-18)15-22(30-31)17-10-12-20(27)13-11-17/h2-14,16,23-25H,15H2,1H3,(H,29,32)/t23-,24-,25-/m0/s1. The summed E-state index contributed by atoms with van der Waals surface area (Å²) >= 11 is 3.51. The summed E-state index contributed by atoms with van der Waals surface area (Å²) in [6.45, 7) is 0.